The van der Waals surface area contributed by atoms with E-state index in [1.807, 2.05) is 0 Å². The smallest absolute Gasteiger partial charge is 0.311 e. The molecule has 1 rings (SSSR count). The minimum absolute atomic E-state index is 0.0432. The van der Waals surface area contributed by atoms with Crippen molar-refractivity contribution in [3.8, 4) is 5.75 Å². The number of nitrogens with one attached hydrogen (secondary N) is 1. The van der Waals surface area contributed by atoms with Crippen LogP contribution in [-0.2, 0) is 4.74 Å². The highest BCUT2D eigenvalue weighted by molar-refractivity contribution is 6.17. The molecule has 0 saturated heterocycles. The van der Waals surface area contributed by atoms with Gasteiger partial charge in [-0.05, 0) is 12.5 Å². The van der Waals surface area contributed by atoms with Gasteiger partial charge in [0.15, 0.2) is 0 Å². The van der Waals surface area contributed by atoms with Gasteiger partial charge in [-0.1, -0.05) is 6.07 Å². The number of hydrogen-bond acceptors (Lipinski definition) is 5. The van der Waals surface area contributed by atoms with E-state index in [1.54, 1.807) is 0 Å². The molecule has 1 aromatic rings. The number of nitrogens with zero attached hydrogens (tertiary/aromatic N) is 1. The lowest BCUT2D eigenvalue weighted by atomic mass is 10.1. The Morgan fingerprint density at radius 1 is 1.43 bits per heavy atom. The lowest BCUT2D eigenvalue weighted by Crippen LogP contribution is -2.26. The molecule has 116 valence electrons. The molecular formula is C13H17ClN2O5. The number of ether oxygens (including phenoxy) is 2. The summed E-state index contributed by atoms with van der Waals surface area (Å²) in [5.41, 5.74) is -0.107. The van der Waals surface area contributed by atoms with Gasteiger partial charge < -0.3 is 14.8 Å². The number of benzene rings is 1. The quantitative estimate of drug-likeness (QED) is 0.325. The number of nitro groups is 1. The lowest BCUT2D eigenvalue weighted by Gasteiger charge is -2.09. The monoisotopic (exact) mass is 316 g/mol. The first-order chi connectivity index (χ1) is 10.1. The number of para-hydroxylation sites is 1. The van der Waals surface area contributed by atoms with Crippen LogP contribution >= 0.6 is 11.6 Å². The van der Waals surface area contributed by atoms with Crippen molar-refractivity contribution >= 4 is 23.2 Å². The van der Waals surface area contributed by atoms with Crippen LogP contribution in [0.4, 0.5) is 5.69 Å². The molecule has 0 unspecified atom stereocenters. The van der Waals surface area contributed by atoms with E-state index in [-0.39, 0.29) is 17.0 Å². The predicted octanol–water partition coefficient (Wildman–Crippen LogP) is 1.98. The Kier molecular flexibility index (Phi) is 7.49. The molecule has 1 aromatic carbocycles. The standard InChI is InChI=1S/C13H17ClN2O5/c1-20-12-10(4-2-5-11(12)16(18)19)13(17)15-7-3-8-21-9-6-14/h2,4-5H,3,6-9H2,1H3,(H,15,17). The highest BCUT2D eigenvalue weighted by atomic mass is 35.5. The van der Waals surface area contributed by atoms with Crippen molar-refractivity contribution in [2.75, 3.05) is 32.7 Å². The summed E-state index contributed by atoms with van der Waals surface area (Å²) < 4.78 is 10.1. The molecule has 0 radical (unpaired) electrons. The van der Waals surface area contributed by atoms with Crippen LogP contribution in [0.15, 0.2) is 18.2 Å². The zero-order valence-electron chi connectivity index (χ0n) is 11.6. The Morgan fingerprint density at radius 3 is 2.81 bits per heavy atom. The normalized spacial score (nSPS) is 10.2. The van der Waals surface area contributed by atoms with Gasteiger partial charge in [-0.2, -0.15) is 0 Å². The highest BCUT2D eigenvalue weighted by Gasteiger charge is 2.22. The molecule has 0 heterocycles. The minimum Gasteiger partial charge on any atom is -0.490 e. The molecule has 0 saturated carbocycles. The SMILES string of the molecule is COc1c(C(=O)NCCCOCCCl)cccc1[N+](=O)[O-]. The fourth-order valence-electron chi connectivity index (χ4n) is 1.69. The van der Waals surface area contributed by atoms with Crippen molar-refractivity contribution in [1.29, 1.82) is 0 Å². The van der Waals surface area contributed by atoms with Gasteiger partial charge in [0.05, 0.1) is 24.2 Å². The van der Waals surface area contributed by atoms with Gasteiger partial charge >= 0.3 is 5.69 Å². The Hall–Kier alpha value is -1.86. The molecule has 0 fully saturated rings. The number of halogens is 1. The van der Waals surface area contributed by atoms with Crippen LogP contribution < -0.4 is 10.1 Å². The van der Waals surface area contributed by atoms with E-state index < -0.39 is 10.8 Å². The molecule has 8 heteroatoms. The number of alkyl halides is 1. The molecule has 0 bridgehead atoms. The zero-order chi connectivity index (χ0) is 15.7. The fourth-order valence-corrected chi connectivity index (χ4v) is 1.80. The van der Waals surface area contributed by atoms with Gasteiger partial charge in [-0.15, -0.1) is 11.6 Å². The number of hydrogen-bond donors (Lipinski definition) is 1. The average Bonchev–Trinajstić information content (AvgIpc) is 2.49. The van der Waals surface area contributed by atoms with E-state index in [4.69, 9.17) is 21.1 Å². The second kappa shape index (κ2) is 9.15. The van der Waals surface area contributed by atoms with Crippen LogP contribution in [0.5, 0.6) is 5.75 Å². The van der Waals surface area contributed by atoms with E-state index >= 15 is 0 Å². The summed E-state index contributed by atoms with van der Waals surface area (Å²) in [6, 6.07) is 4.21. The number of rotatable bonds is 9. The molecular weight excluding hydrogens is 300 g/mol. The number of nitro benzene ring substituents is 1. The van der Waals surface area contributed by atoms with Crippen molar-refractivity contribution in [2.24, 2.45) is 0 Å². The third-order valence-corrected chi connectivity index (χ3v) is 2.77. The largest absolute Gasteiger partial charge is 0.490 e. The third-order valence-electron chi connectivity index (χ3n) is 2.61. The molecule has 0 aliphatic carbocycles. The first kappa shape index (κ1) is 17.2. The first-order valence-corrected chi connectivity index (χ1v) is 6.88. The maximum absolute atomic E-state index is 12.0. The van der Waals surface area contributed by atoms with Gasteiger partial charge in [0.2, 0.25) is 5.75 Å². The molecule has 0 aliphatic rings. The Morgan fingerprint density at radius 2 is 2.19 bits per heavy atom. The zero-order valence-corrected chi connectivity index (χ0v) is 12.4. The lowest BCUT2D eigenvalue weighted by molar-refractivity contribution is -0.385. The second-order valence-corrected chi connectivity index (χ2v) is 4.40. The molecule has 0 spiro atoms. The summed E-state index contributed by atoms with van der Waals surface area (Å²) in [4.78, 5) is 22.3. The van der Waals surface area contributed by atoms with Crippen LogP contribution in [0.1, 0.15) is 16.8 Å². The third kappa shape index (κ3) is 5.20. The number of methoxy groups -OCH3 is 1. The Bertz CT molecular complexity index is 495. The van der Waals surface area contributed by atoms with Crippen molar-refractivity contribution in [1.82, 2.24) is 5.32 Å². The molecule has 21 heavy (non-hydrogen) atoms. The van der Waals surface area contributed by atoms with E-state index in [0.29, 0.717) is 32.1 Å². The van der Waals surface area contributed by atoms with Gasteiger partial charge in [-0.3, -0.25) is 14.9 Å². The summed E-state index contributed by atoms with van der Waals surface area (Å²) in [6.07, 6.45) is 0.625. The summed E-state index contributed by atoms with van der Waals surface area (Å²) >= 11 is 5.45. The molecule has 1 amide bonds. The van der Waals surface area contributed by atoms with Crippen LogP contribution in [0.25, 0.3) is 0 Å². The van der Waals surface area contributed by atoms with Crippen LogP contribution in [0.3, 0.4) is 0 Å². The van der Waals surface area contributed by atoms with Gasteiger partial charge in [-0.25, -0.2) is 0 Å². The van der Waals surface area contributed by atoms with E-state index in [0.717, 1.165) is 0 Å². The Balaban J connectivity index is 2.62. The number of amides is 1. The molecule has 0 atom stereocenters. The van der Waals surface area contributed by atoms with Gasteiger partial charge in [0.1, 0.15) is 0 Å². The maximum Gasteiger partial charge on any atom is 0.311 e. The molecule has 1 N–H and O–H groups in total. The first-order valence-electron chi connectivity index (χ1n) is 6.35. The van der Waals surface area contributed by atoms with Crippen molar-refractivity contribution in [2.45, 2.75) is 6.42 Å². The van der Waals surface area contributed by atoms with Gasteiger partial charge in [0, 0.05) is 25.1 Å². The van der Waals surface area contributed by atoms with Crippen molar-refractivity contribution in [3.05, 3.63) is 33.9 Å². The summed E-state index contributed by atoms with van der Waals surface area (Å²) in [5, 5.41) is 13.5. The summed E-state index contributed by atoms with van der Waals surface area (Å²) in [5.74, 6) is -0.0386. The van der Waals surface area contributed by atoms with Crippen LogP contribution in [0, 0.1) is 10.1 Å². The summed E-state index contributed by atoms with van der Waals surface area (Å²) in [6.45, 7) is 1.35. The van der Waals surface area contributed by atoms with Crippen molar-refractivity contribution < 1.29 is 19.2 Å². The molecule has 0 aromatic heterocycles. The maximum atomic E-state index is 12.0. The summed E-state index contributed by atoms with van der Waals surface area (Å²) in [7, 11) is 1.29. The Labute approximate surface area is 127 Å². The van der Waals surface area contributed by atoms with E-state index in [2.05, 4.69) is 5.32 Å². The average molecular weight is 317 g/mol. The van der Waals surface area contributed by atoms with Gasteiger partial charge in [0.25, 0.3) is 5.91 Å². The second-order valence-electron chi connectivity index (χ2n) is 4.03. The predicted molar refractivity (Wildman–Crippen MR) is 78.1 cm³/mol. The molecule has 7 nitrogen and oxygen atoms in total. The minimum atomic E-state index is -0.588. The van der Waals surface area contributed by atoms with Crippen LogP contribution in [0.2, 0.25) is 0 Å². The molecule has 0 aliphatic heterocycles. The fraction of sp³-hybridized carbons (Fsp3) is 0.462. The van der Waals surface area contributed by atoms with E-state index in [9.17, 15) is 14.9 Å². The number of carbonyl (C=O) groups is 1. The highest BCUT2D eigenvalue weighted by Crippen LogP contribution is 2.30. The topological polar surface area (TPSA) is 90.7 Å². The van der Waals surface area contributed by atoms with Crippen LogP contribution in [-0.4, -0.2) is 43.6 Å². The van der Waals surface area contributed by atoms with Crippen molar-refractivity contribution in [3.63, 3.8) is 0 Å². The van der Waals surface area contributed by atoms with E-state index in [1.165, 1.54) is 25.3 Å². The number of carbonyl (C=O) groups excluding carboxylic acids is 1.